The van der Waals surface area contributed by atoms with Crippen molar-refractivity contribution in [3.8, 4) is 11.1 Å². The van der Waals surface area contributed by atoms with Crippen molar-refractivity contribution in [3.05, 3.63) is 77.1 Å². The van der Waals surface area contributed by atoms with Crippen LogP contribution in [-0.4, -0.2) is 30.7 Å². The highest BCUT2D eigenvalue weighted by molar-refractivity contribution is 7.86. The molecule has 0 saturated carbocycles. The van der Waals surface area contributed by atoms with E-state index in [-0.39, 0.29) is 11.3 Å². The monoisotopic (exact) mass is 496 g/mol. The molecule has 0 amide bonds. The Morgan fingerprint density at radius 1 is 1.15 bits per heavy atom. The molecule has 0 fully saturated rings. The highest BCUT2D eigenvalue weighted by Crippen LogP contribution is 2.31. The number of nitrogens with zero attached hydrogens (tertiary/aromatic N) is 2. The number of hydrogen-bond donors (Lipinski definition) is 2. The molecule has 5 aromatic rings. The molecule has 1 atom stereocenters. The lowest BCUT2D eigenvalue weighted by molar-refractivity contribution is 0.103. The number of rotatable bonds is 7. The van der Waals surface area contributed by atoms with Gasteiger partial charge in [0.2, 0.25) is 5.78 Å². The molecule has 2 aromatic carbocycles. The van der Waals surface area contributed by atoms with E-state index in [0.717, 1.165) is 33.5 Å². The summed E-state index contributed by atoms with van der Waals surface area (Å²) in [5, 5.41) is 0.443. The Morgan fingerprint density at radius 2 is 2.00 bits per heavy atom. The average molecular weight is 497 g/mol. The maximum Gasteiger partial charge on any atom is 0.201 e. The van der Waals surface area contributed by atoms with Gasteiger partial charge >= 0.3 is 0 Å². The quantitative estimate of drug-likeness (QED) is 0.277. The van der Waals surface area contributed by atoms with Crippen molar-refractivity contribution in [1.82, 2.24) is 15.0 Å². The van der Waals surface area contributed by atoms with Crippen molar-refractivity contribution in [2.45, 2.75) is 13.3 Å². The SMILES string of the molecule is CCCS(=O)Nc1ccc(F)c(C(=O)c2c[nH]c3ncc(-c4ccc5ncsc5c4)cc23)c1F. The predicted octanol–water partition coefficient (Wildman–Crippen LogP) is 5.83. The number of thiazole rings is 1. The molecule has 0 saturated heterocycles. The second kappa shape index (κ2) is 9.03. The van der Waals surface area contributed by atoms with Crippen molar-refractivity contribution in [2.24, 2.45) is 0 Å². The minimum atomic E-state index is -1.54. The van der Waals surface area contributed by atoms with Crippen LogP contribution in [-0.2, 0) is 11.0 Å². The number of ketones is 1. The van der Waals surface area contributed by atoms with Crippen molar-refractivity contribution in [1.29, 1.82) is 0 Å². The van der Waals surface area contributed by atoms with Gasteiger partial charge in [0.05, 0.1) is 27.0 Å². The van der Waals surface area contributed by atoms with Crippen LogP contribution >= 0.6 is 11.3 Å². The maximum atomic E-state index is 15.2. The van der Waals surface area contributed by atoms with E-state index in [9.17, 15) is 13.4 Å². The Labute approximate surface area is 199 Å². The van der Waals surface area contributed by atoms with E-state index in [1.54, 1.807) is 17.8 Å². The summed E-state index contributed by atoms with van der Waals surface area (Å²) in [4.78, 5) is 24.8. The summed E-state index contributed by atoms with van der Waals surface area (Å²) in [6.07, 6.45) is 3.68. The Kier molecular flexibility index (Phi) is 5.93. The molecule has 6 nitrogen and oxygen atoms in total. The van der Waals surface area contributed by atoms with Gasteiger partial charge in [0.15, 0.2) is 5.82 Å². The number of benzene rings is 2. The fourth-order valence-electron chi connectivity index (χ4n) is 3.72. The molecule has 0 aliphatic rings. The third-order valence-corrected chi connectivity index (χ3v) is 7.39. The summed E-state index contributed by atoms with van der Waals surface area (Å²) < 4.78 is 45.3. The lowest BCUT2D eigenvalue weighted by atomic mass is 10.00. The van der Waals surface area contributed by atoms with E-state index in [2.05, 4.69) is 19.7 Å². The molecule has 0 spiro atoms. The molecule has 0 aliphatic heterocycles. The summed E-state index contributed by atoms with van der Waals surface area (Å²) in [7, 11) is -1.54. The molecule has 3 heterocycles. The highest BCUT2D eigenvalue weighted by Gasteiger charge is 2.25. The predicted molar refractivity (Wildman–Crippen MR) is 131 cm³/mol. The molecule has 34 heavy (non-hydrogen) atoms. The van der Waals surface area contributed by atoms with Crippen LogP contribution in [0.2, 0.25) is 0 Å². The molecule has 10 heteroatoms. The van der Waals surface area contributed by atoms with E-state index in [1.165, 1.54) is 17.5 Å². The van der Waals surface area contributed by atoms with Crippen LogP contribution in [0.1, 0.15) is 29.3 Å². The van der Waals surface area contributed by atoms with Crippen LogP contribution in [0.3, 0.4) is 0 Å². The average Bonchev–Trinajstić information content (AvgIpc) is 3.47. The largest absolute Gasteiger partial charge is 0.345 e. The molecule has 5 rings (SSSR count). The smallest absolute Gasteiger partial charge is 0.201 e. The van der Waals surface area contributed by atoms with Crippen LogP contribution < -0.4 is 4.72 Å². The first-order chi connectivity index (χ1) is 16.5. The zero-order valence-corrected chi connectivity index (χ0v) is 19.5. The van der Waals surface area contributed by atoms with Gasteiger partial charge in [0.25, 0.3) is 0 Å². The number of carbonyl (C=O) groups excluding carboxylic acids is 1. The minimum Gasteiger partial charge on any atom is -0.345 e. The number of fused-ring (bicyclic) bond motifs is 2. The van der Waals surface area contributed by atoms with Crippen molar-refractivity contribution >= 4 is 55.0 Å². The van der Waals surface area contributed by atoms with E-state index in [1.807, 2.05) is 25.1 Å². The van der Waals surface area contributed by atoms with Gasteiger partial charge in [-0.3, -0.25) is 4.79 Å². The zero-order chi connectivity index (χ0) is 23.8. The number of anilines is 1. The summed E-state index contributed by atoms with van der Waals surface area (Å²) in [6, 6.07) is 9.69. The molecule has 0 radical (unpaired) electrons. The van der Waals surface area contributed by atoms with Gasteiger partial charge in [-0.15, -0.1) is 11.3 Å². The van der Waals surface area contributed by atoms with Gasteiger partial charge in [-0.25, -0.2) is 23.0 Å². The molecule has 0 bridgehead atoms. The van der Waals surface area contributed by atoms with Crippen LogP contribution in [0.25, 0.3) is 32.4 Å². The number of H-pyrrole nitrogens is 1. The fourth-order valence-corrected chi connectivity index (χ4v) is 5.31. The summed E-state index contributed by atoms with van der Waals surface area (Å²) >= 11 is 1.52. The van der Waals surface area contributed by atoms with Gasteiger partial charge < -0.3 is 9.71 Å². The standard InChI is InChI=1S/C24H18F2N4O2S2/c1-2-7-34(32)30-19-6-4-17(25)21(22(19)26)23(31)16-11-28-24-15(16)8-14(10-27-24)13-3-5-18-20(9-13)33-12-29-18/h3-6,8-12,30H,2,7H2,1H3,(H,27,28). The van der Waals surface area contributed by atoms with Gasteiger partial charge in [-0.2, -0.15) is 0 Å². The Morgan fingerprint density at radius 3 is 2.82 bits per heavy atom. The van der Waals surface area contributed by atoms with Crippen LogP contribution in [0.4, 0.5) is 14.5 Å². The van der Waals surface area contributed by atoms with E-state index in [4.69, 9.17) is 0 Å². The normalized spacial score (nSPS) is 12.3. The number of halogens is 2. The van der Waals surface area contributed by atoms with Gasteiger partial charge in [0, 0.05) is 34.7 Å². The van der Waals surface area contributed by atoms with Crippen molar-refractivity contribution in [2.75, 3.05) is 10.5 Å². The summed E-state index contributed by atoms with van der Waals surface area (Å²) in [5.41, 5.74) is 3.90. The highest BCUT2D eigenvalue weighted by atomic mass is 32.2. The molecule has 2 N–H and O–H groups in total. The van der Waals surface area contributed by atoms with Gasteiger partial charge in [-0.05, 0) is 42.3 Å². The summed E-state index contributed by atoms with van der Waals surface area (Å²) in [5.74, 6) is -2.61. The molecule has 3 aromatic heterocycles. The van der Waals surface area contributed by atoms with Gasteiger partial charge in [0.1, 0.15) is 22.5 Å². The first-order valence-corrected chi connectivity index (χ1v) is 12.6. The molecular weight excluding hydrogens is 478 g/mol. The van der Waals surface area contributed by atoms with Crippen LogP contribution in [0.5, 0.6) is 0 Å². The second-order valence-electron chi connectivity index (χ2n) is 7.62. The minimum absolute atomic E-state index is 0.0906. The van der Waals surface area contributed by atoms with E-state index >= 15 is 4.39 Å². The number of aromatic nitrogens is 3. The lowest BCUT2D eigenvalue weighted by Crippen LogP contribution is -2.13. The maximum absolute atomic E-state index is 15.2. The Bertz CT molecular complexity index is 1580. The number of nitrogens with one attached hydrogen (secondary N) is 2. The Balaban J connectivity index is 1.56. The third kappa shape index (κ3) is 3.99. The lowest BCUT2D eigenvalue weighted by Gasteiger charge is -2.10. The molecule has 172 valence electrons. The van der Waals surface area contributed by atoms with Gasteiger partial charge in [-0.1, -0.05) is 13.0 Å². The summed E-state index contributed by atoms with van der Waals surface area (Å²) in [6.45, 7) is 1.84. The molecular formula is C24H18F2N4O2S2. The van der Waals surface area contributed by atoms with Crippen LogP contribution in [0.15, 0.2) is 54.3 Å². The van der Waals surface area contributed by atoms with Crippen molar-refractivity contribution in [3.63, 3.8) is 0 Å². The second-order valence-corrected chi connectivity index (χ2v) is 9.81. The van der Waals surface area contributed by atoms with Crippen molar-refractivity contribution < 1.29 is 17.8 Å². The molecule has 1 unspecified atom stereocenters. The third-order valence-electron chi connectivity index (χ3n) is 5.37. The zero-order valence-electron chi connectivity index (χ0n) is 17.9. The van der Waals surface area contributed by atoms with E-state index < -0.39 is 34.0 Å². The topological polar surface area (TPSA) is 87.7 Å². The van der Waals surface area contributed by atoms with Crippen LogP contribution in [0, 0.1) is 11.6 Å². The number of aromatic amines is 1. The first-order valence-electron chi connectivity index (χ1n) is 10.4. The number of pyridine rings is 1. The van der Waals surface area contributed by atoms with E-state index in [0.29, 0.717) is 23.2 Å². The first kappa shape index (κ1) is 22.3. The Hall–Kier alpha value is -3.50. The molecule has 0 aliphatic carbocycles. The fraction of sp³-hybridized carbons (Fsp3) is 0.125. The number of hydrogen-bond acceptors (Lipinski definition) is 5. The number of carbonyl (C=O) groups is 1.